The van der Waals surface area contributed by atoms with Crippen molar-refractivity contribution in [1.82, 2.24) is 19.6 Å². The number of amides is 1. The zero-order chi connectivity index (χ0) is 18.0. The van der Waals surface area contributed by atoms with Gasteiger partial charge in [0, 0.05) is 24.6 Å². The van der Waals surface area contributed by atoms with Gasteiger partial charge in [0.1, 0.15) is 0 Å². The van der Waals surface area contributed by atoms with Crippen LogP contribution < -0.4 is 0 Å². The maximum atomic E-state index is 12.9. The van der Waals surface area contributed by atoms with E-state index < -0.39 is 0 Å². The predicted octanol–water partition coefficient (Wildman–Crippen LogP) is 3.42. The van der Waals surface area contributed by atoms with E-state index in [1.165, 1.54) is 12.8 Å². The highest BCUT2D eigenvalue weighted by molar-refractivity contribution is 9.10. The first-order valence-electron chi connectivity index (χ1n) is 8.77. The molecule has 3 rings (SSSR count). The lowest BCUT2D eigenvalue weighted by molar-refractivity contribution is 0.0781. The second kappa shape index (κ2) is 7.70. The van der Waals surface area contributed by atoms with E-state index in [-0.39, 0.29) is 5.91 Å². The van der Waals surface area contributed by atoms with Crippen molar-refractivity contribution < 1.29 is 4.79 Å². The molecule has 1 amide bonds. The Bertz CT molecular complexity index is 748. The van der Waals surface area contributed by atoms with Crippen LogP contribution in [0.3, 0.4) is 0 Å². The van der Waals surface area contributed by atoms with Gasteiger partial charge in [-0.15, -0.1) is 0 Å². The van der Waals surface area contributed by atoms with Crippen LogP contribution in [0, 0.1) is 13.8 Å². The first-order valence-corrected chi connectivity index (χ1v) is 9.56. The Kier molecular flexibility index (Phi) is 5.59. The molecule has 1 aromatic carbocycles. The number of likely N-dealkylation sites (N-methyl/N-ethyl adjacent to an activating group) is 1. The summed E-state index contributed by atoms with van der Waals surface area (Å²) in [5.74, 6) is 0.0533. The Morgan fingerprint density at radius 2 is 1.84 bits per heavy atom. The fourth-order valence-electron chi connectivity index (χ4n) is 3.38. The average molecular weight is 405 g/mol. The summed E-state index contributed by atoms with van der Waals surface area (Å²) in [6.07, 6.45) is 2.55. The van der Waals surface area contributed by atoms with Gasteiger partial charge in [-0.3, -0.25) is 4.79 Å². The quantitative estimate of drug-likeness (QED) is 0.766. The van der Waals surface area contributed by atoms with E-state index in [0.717, 1.165) is 47.7 Å². The van der Waals surface area contributed by atoms with Crippen molar-refractivity contribution >= 4 is 21.8 Å². The molecule has 0 N–H and O–H groups in total. The Hall–Kier alpha value is -1.66. The van der Waals surface area contributed by atoms with Gasteiger partial charge in [-0.05, 0) is 64.0 Å². The van der Waals surface area contributed by atoms with Gasteiger partial charge in [0.25, 0.3) is 5.91 Å². The molecule has 1 aliphatic rings. The molecule has 0 bridgehead atoms. The Morgan fingerprint density at radius 1 is 1.20 bits per heavy atom. The zero-order valence-electron chi connectivity index (χ0n) is 15.1. The molecule has 1 saturated heterocycles. The lowest BCUT2D eigenvalue weighted by Crippen LogP contribution is -2.35. The summed E-state index contributed by atoms with van der Waals surface area (Å²) in [5.41, 5.74) is 3.34. The van der Waals surface area contributed by atoms with Gasteiger partial charge in [0.15, 0.2) is 0 Å². The number of hydrogen-bond acceptors (Lipinski definition) is 3. The van der Waals surface area contributed by atoms with E-state index in [0.29, 0.717) is 5.56 Å². The minimum atomic E-state index is 0.0533. The number of halogens is 1. The third-order valence-corrected chi connectivity index (χ3v) is 5.40. The maximum Gasteiger partial charge on any atom is 0.257 e. The molecule has 2 heterocycles. The minimum Gasteiger partial charge on any atom is -0.340 e. The molecule has 25 heavy (non-hydrogen) atoms. The van der Waals surface area contributed by atoms with Crippen LogP contribution in [0.15, 0.2) is 28.7 Å². The lowest BCUT2D eigenvalue weighted by Gasteiger charge is -2.21. The van der Waals surface area contributed by atoms with E-state index in [1.54, 1.807) is 0 Å². The fourth-order valence-corrected chi connectivity index (χ4v) is 3.64. The third-order valence-electron chi connectivity index (χ3n) is 4.87. The molecule has 0 unspecified atom stereocenters. The smallest absolute Gasteiger partial charge is 0.257 e. The van der Waals surface area contributed by atoms with Crippen molar-refractivity contribution in [3.05, 3.63) is 45.7 Å². The summed E-state index contributed by atoms with van der Waals surface area (Å²) in [7, 11) is 1.88. The highest BCUT2D eigenvalue weighted by Gasteiger charge is 2.23. The molecule has 0 spiro atoms. The zero-order valence-corrected chi connectivity index (χ0v) is 16.7. The first kappa shape index (κ1) is 18.1. The van der Waals surface area contributed by atoms with E-state index in [9.17, 15) is 4.79 Å². The SMILES string of the molecule is Cc1nn(-c2ccc(Br)cc2)c(C)c1C(=O)N(C)CCN1CCCC1. The van der Waals surface area contributed by atoms with Crippen LogP contribution in [0.2, 0.25) is 0 Å². The fraction of sp³-hybridized carbons (Fsp3) is 0.474. The van der Waals surface area contributed by atoms with Gasteiger partial charge < -0.3 is 9.80 Å². The van der Waals surface area contributed by atoms with E-state index in [2.05, 4.69) is 25.9 Å². The van der Waals surface area contributed by atoms with Gasteiger partial charge in [-0.25, -0.2) is 4.68 Å². The molecule has 1 aliphatic heterocycles. The lowest BCUT2D eigenvalue weighted by atomic mass is 10.1. The Morgan fingerprint density at radius 3 is 2.48 bits per heavy atom. The van der Waals surface area contributed by atoms with E-state index in [1.807, 2.05) is 54.7 Å². The van der Waals surface area contributed by atoms with Gasteiger partial charge >= 0.3 is 0 Å². The topological polar surface area (TPSA) is 41.4 Å². The van der Waals surface area contributed by atoms with Crippen LogP contribution in [0.25, 0.3) is 5.69 Å². The molecule has 5 nitrogen and oxygen atoms in total. The van der Waals surface area contributed by atoms with Crippen molar-refractivity contribution in [2.45, 2.75) is 26.7 Å². The molecule has 0 radical (unpaired) electrons. The molecule has 1 fully saturated rings. The Labute approximate surface area is 157 Å². The van der Waals surface area contributed by atoms with Crippen LogP contribution in [-0.4, -0.2) is 58.7 Å². The second-order valence-electron chi connectivity index (χ2n) is 6.71. The Balaban J connectivity index is 1.76. The molecule has 0 atom stereocenters. The van der Waals surface area contributed by atoms with Crippen LogP contribution >= 0.6 is 15.9 Å². The first-order chi connectivity index (χ1) is 12.0. The largest absolute Gasteiger partial charge is 0.340 e. The summed E-state index contributed by atoms with van der Waals surface area (Å²) < 4.78 is 2.87. The van der Waals surface area contributed by atoms with Crippen LogP contribution in [0.5, 0.6) is 0 Å². The number of aryl methyl sites for hydroxylation is 1. The molecular formula is C19H25BrN4O. The monoisotopic (exact) mass is 404 g/mol. The second-order valence-corrected chi connectivity index (χ2v) is 7.63. The standard InChI is InChI=1S/C19H25BrN4O/c1-14-18(19(25)22(3)12-13-23-10-4-5-11-23)15(2)24(21-14)17-8-6-16(20)7-9-17/h6-9H,4-5,10-13H2,1-3H3. The molecule has 2 aromatic rings. The molecule has 134 valence electrons. The van der Waals surface area contributed by atoms with E-state index >= 15 is 0 Å². The minimum absolute atomic E-state index is 0.0533. The normalized spacial score (nSPS) is 14.9. The summed E-state index contributed by atoms with van der Waals surface area (Å²) in [5, 5.41) is 4.59. The highest BCUT2D eigenvalue weighted by atomic mass is 79.9. The summed E-state index contributed by atoms with van der Waals surface area (Å²) >= 11 is 3.45. The summed E-state index contributed by atoms with van der Waals surface area (Å²) in [6, 6.07) is 7.95. The number of likely N-dealkylation sites (tertiary alicyclic amines) is 1. The van der Waals surface area contributed by atoms with Gasteiger partial charge in [0.05, 0.1) is 22.6 Å². The molecule has 0 aliphatic carbocycles. The van der Waals surface area contributed by atoms with E-state index in [4.69, 9.17) is 0 Å². The molecule has 6 heteroatoms. The number of benzene rings is 1. The van der Waals surface area contributed by atoms with Gasteiger partial charge in [-0.1, -0.05) is 15.9 Å². The van der Waals surface area contributed by atoms with Crippen molar-refractivity contribution in [2.75, 3.05) is 33.2 Å². The molecule has 0 saturated carbocycles. The number of nitrogens with zero attached hydrogens (tertiary/aromatic N) is 4. The highest BCUT2D eigenvalue weighted by Crippen LogP contribution is 2.21. The summed E-state index contributed by atoms with van der Waals surface area (Å²) in [4.78, 5) is 17.2. The maximum absolute atomic E-state index is 12.9. The van der Waals surface area contributed by atoms with Crippen molar-refractivity contribution in [1.29, 1.82) is 0 Å². The van der Waals surface area contributed by atoms with Crippen molar-refractivity contribution in [2.24, 2.45) is 0 Å². The number of aromatic nitrogens is 2. The third kappa shape index (κ3) is 3.96. The van der Waals surface area contributed by atoms with Gasteiger partial charge in [-0.2, -0.15) is 5.10 Å². The predicted molar refractivity (Wildman–Crippen MR) is 103 cm³/mol. The number of rotatable bonds is 5. The van der Waals surface area contributed by atoms with Crippen molar-refractivity contribution in [3.63, 3.8) is 0 Å². The van der Waals surface area contributed by atoms with Gasteiger partial charge in [0.2, 0.25) is 0 Å². The molecule has 1 aromatic heterocycles. The molecular weight excluding hydrogens is 380 g/mol. The summed E-state index contributed by atoms with van der Waals surface area (Å²) in [6.45, 7) is 7.87. The van der Waals surface area contributed by atoms with Crippen LogP contribution in [0.1, 0.15) is 34.6 Å². The number of carbonyl (C=O) groups excluding carboxylic acids is 1. The average Bonchev–Trinajstić information content (AvgIpc) is 3.21. The van der Waals surface area contributed by atoms with Crippen LogP contribution in [-0.2, 0) is 0 Å². The van der Waals surface area contributed by atoms with Crippen LogP contribution in [0.4, 0.5) is 0 Å². The number of hydrogen-bond donors (Lipinski definition) is 0. The van der Waals surface area contributed by atoms with Crippen molar-refractivity contribution in [3.8, 4) is 5.69 Å². The number of carbonyl (C=O) groups is 1.